The first-order chi connectivity index (χ1) is 14.9. The Balaban J connectivity index is 1.67. The number of pyridine rings is 1. The number of anilines is 1. The third-order valence-electron chi connectivity index (χ3n) is 5.73. The van der Waals surface area contributed by atoms with Crippen LogP contribution < -0.4 is 10.5 Å². The van der Waals surface area contributed by atoms with Crippen LogP contribution in [0.1, 0.15) is 17.5 Å². The molecular weight excluding hydrogens is 414 g/mol. The van der Waals surface area contributed by atoms with Crippen molar-refractivity contribution in [2.45, 2.75) is 24.3 Å². The van der Waals surface area contributed by atoms with Crippen molar-refractivity contribution in [3.8, 4) is 0 Å². The predicted molar refractivity (Wildman–Crippen MR) is 122 cm³/mol. The molecule has 0 amide bonds. The molecule has 8 heteroatoms. The Hall–Kier alpha value is -2.68. The van der Waals surface area contributed by atoms with Gasteiger partial charge in [-0.05, 0) is 59.7 Å². The Morgan fingerprint density at radius 3 is 2.77 bits per heavy atom. The second-order valence-corrected chi connectivity index (χ2v) is 9.83. The van der Waals surface area contributed by atoms with E-state index in [1.54, 1.807) is 25.3 Å². The Kier molecular flexibility index (Phi) is 6.13. The maximum atomic E-state index is 13.5. The molecule has 1 aliphatic rings. The van der Waals surface area contributed by atoms with Crippen molar-refractivity contribution in [3.63, 3.8) is 0 Å². The minimum Gasteiger partial charge on any atom is -0.383 e. The molecule has 1 N–H and O–H groups in total. The maximum absolute atomic E-state index is 13.5. The normalized spacial score (nSPS) is 14.2. The first-order valence-electron chi connectivity index (χ1n) is 10.3. The fourth-order valence-electron chi connectivity index (χ4n) is 4.06. The summed E-state index contributed by atoms with van der Waals surface area (Å²) in [6.45, 7) is 1.85. The number of ether oxygens (including phenoxy) is 1. The molecule has 0 atom stereocenters. The highest BCUT2D eigenvalue weighted by molar-refractivity contribution is 7.89. The van der Waals surface area contributed by atoms with Crippen molar-refractivity contribution in [3.05, 3.63) is 70.0 Å². The SMILES string of the molecule is COCCN(Cc1ccc2c(c1)CCCN2C)S(=O)(=O)c1ccc2[nH]c(=O)ccc2c1. The smallest absolute Gasteiger partial charge is 0.248 e. The van der Waals surface area contributed by atoms with Gasteiger partial charge in [0.1, 0.15) is 0 Å². The van der Waals surface area contributed by atoms with E-state index in [0.29, 0.717) is 17.5 Å². The molecule has 7 nitrogen and oxygen atoms in total. The largest absolute Gasteiger partial charge is 0.383 e. The molecule has 0 radical (unpaired) electrons. The number of fused-ring (bicyclic) bond motifs is 2. The number of methoxy groups -OCH3 is 1. The molecule has 0 fully saturated rings. The van der Waals surface area contributed by atoms with Crippen molar-refractivity contribution in [2.75, 3.05) is 38.8 Å². The van der Waals surface area contributed by atoms with E-state index in [-0.39, 0.29) is 23.5 Å². The molecule has 0 unspecified atom stereocenters. The van der Waals surface area contributed by atoms with Crippen LogP contribution >= 0.6 is 0 Å². The fourth-order valence-corrected chi connectivity index (χ4v) is 5.51. The lowest BCUT2D eigenvalue weighted by atomic mass is 9.99. The van der Waals surface area contributed by atoms with Crippen molar-refractivity contribution < 1.29 is 13.2 Å². The van der Waals surface area contributed by atoms with Gasteiger partial charge in [0.05, 0.1) is 11.5 Å². The summed E-state index contributed by atoms with van der Waals surface area (Å²) in [6.07, 6.45) is 2.10. The summed E-state index contributed by atoms with van der Waals surface area (Å²) in [4.78, 5) is 16.7. The lowest BCUT2D eigenvalue weighted by molar-refractivity contribution is 0.177. The number of aromatic amines is 1. The van der Waals surface area contributed by atoms with Crippen LogP contribution in [0.5, 0.6) is 0 Å². The highest BCUT2D eigenvalue weighted by atomic mass is 32.2. The van der Waals surface area contributed by atoms with E-state index >= 15 is 0 Å². The van der Waals surface area contributed by atoms with E-state index in [0.717, 1.165) is 24.9 Å². The standard InChI is InChI=1S/C23H27N3O4S/c1-25-11-3-4-19-14-17(5-9-22(19)25)16-26(12-13-30-2)31(28,29)20-7-8-21-18(15-20)6-10-23(27)24-21/h5-10,14-15H,3-4,11-13,16H2,1-2H3,(H,24,27). The van der Waals surface area contributed by atoms with Crippen LogP contribution in [0, 0.1) is 0 Å². The molecule has 1 aliphatic heterocycles. The van der Waals surface area contributed by atoms with Gasteiger partial charge in [-0.3, -0.25) is 4.79 Å². The molecule has 4 rings (SSSR count). The van der Waals surface area contributed by atoms with Gasteiger partial charge in [-0.2, -0.15) is 4.31 Å². The number of nitrogens with one attached hydrogen (secondary N) is 1. The molecule has 2 aromatic carbocycles. The highest BCUT2D eigenvalue weighted by Crippen LogP contribution is 2.28. The molecule has 0 saturated carbocycles. The topological polar surface area (TPSA) is 82.7 Å². The summed E-state index contributed by atoms with van der Waals surface area (Å²) >= 11 is 0. The molecule has 31 heavy (non-hydrogen) atoms. The summed E-state index contributed by atoms with van der Waals surface area (Å²) < 4.78 is 33.6. The van der Waals surface area contributed by atoms with Gasteiger partial charge in [-0.25, -0.2) is 8.42 Å². The van der Waals surface area contributed by atoms with E-state index in [4.69, 9.17) is 4.74 Å². The Morgan fingerprint density at radius 1 is 1.13 bits per heavy atom. The molecule has 3 aromatic rings. The van der Waals surface area contributed by atoms with Crippen LogP contribution in [0.25, 0.3) is 10.9 Å². The zero-order valence-electron chi connectivity index (χ0n) is 17.8. The second kappa shape index (κ2) is 8.82. The minimum absolute atomic E-state index is 0.195. The number of aromatic nitrogens is 1. The van der Waals surface area contributed by atoms with E-state index < -0.39 is 10.0 Å². The number of sulfonamides is 1. The van der Waals surface area contributed by atoms with Crippen molar-refractivity contribution >= 4 is 26.6 Å². The lowest BCUT2D eigenvalue weighted by Gasteiger charge is -2.28. The van der Waals surface area contributed by atoms with Gasteiger partial charge in [-0.15, -0.1) is 0 Å². The van der Waals surface area contributed by atoms with E-state index in [1.165, 1.54) is 27.7 Å². The number of H-pyrrole nitrogens is 1. The third-order valence-corrected chi connectivity index (χ3v) is 7.57. The van der Waals surface area contributed by atoms with E-state index in [2.05, 4.69) is 29.1 Å². The molecular formula is C23H27N3O4S. The molecule has 2 heterocycles. The van der Waals surface area contributed by atoms with Crippen LogP contribution in [0.15, 0.2) is 58.2 Å². The van der Waals surface area contributed by atoms with Gasteiger partial charge >= 0.3 is 0 Å². The van der Waals surface area contributed by atoms with Gasteiger partial charge in [0.25, 0.3) is 0 Å². The Labute approximate surface area is 182 Å². The van der Waals surface area contributed by atoms with Gasteiger partial charge in [0.15, 0.2) is 0 Å². The number of rotatable bonds is 7. The summed E-state index contributed by atoms with van der Waals surface area (Å²) in [5, 5.41) is 0.671. The molecule has 0 spiro atoms. The first kappa shape index (κ1) is 21.5. The average Bonchev–Trinajstić information content (AvgIpc) is 2.76. The molecule has 164 valence electrons. The van der Waals surface area contributed by atoms with E-state index in [1.807, 2.05) is 6.07 Å². The minimum atomic E-state index is -3.75. The zero-order valence-corrected chi connectivity index (χ0v) is 18.6. The van der Waals surface area contributed by atoms with Gasteiger partial charge in [0.2, 0.25) is 15.6 Å². The van der Waals surface area contributed by atoms with Crippen LogP contribution in [-0.2, 0) is 27.7 Å². The average molecular weight is 442 g/mol. The van der Waals surface area contributed by atoms with Gasteiger partial charge in [-0.1, -0.05) is 12.1 Å². The monoisotopic (exact) mass is 441 g/mol. The quantitative estimate of drug-likeness (QED) is 0.610. The third kappa shape index (κ3) is 4.51. The van der Waals surface area contributed by atoms with Crippen molar-refractivity contribution in [2.24, 2.45) is 0 Å². The molecule has 0 aliphatic carbocycles. The summed E-state index contributed by atoms with van der Waals surface area (Å²) in [5.41, 5.74) is 3.81. The lowest BCUT2D eigenvalue weighted by Crippen LogP contribution is -2.33. The first-order valence-corrected chi connectivity index (χ1v) is 11.8. The molecule has 0 bridgehead atoms. The summed E-state index contributed by atoms with van der Waals surface area (Å²) in [6, 6.07) is 14.0. The number of benzene rings is 2. The van der Waals surface area contributed by atoms with Crippen LogP contribution in [-0.4, -0.2) is 51.6 Å². The summed E-state index contributed by atoms with van der Waals surface area (Å²) in [5.74, 6) is 0. The van der Waals surface area contributed by atoms with Crippen molar-refractivity contribution in [1.82, 2.24) is 9.29 Å². The Bertz CT molecular complexity index is 1250. The van der Waals surface area contributed by atoms with Crippen LogP contribution in [0.2, 0.25) is 0 Å². The predicted octanol–water partition coefficient (Wildman–Crippen LogP) is 2.75. The van der Waals surface area contributed by atoms with Crippen molar-refractivity contribution in [1.29, 1.82) is 0 Å². The van der Waals surface area contributed by atoms with Gasteiger partial charge in [0, 0.05) is 51.1 Å². The number of hydrogen-bond acceptors (Lipinski definition) is 5. The summed E-state index contributed by atoms with van der Waals surface area (Å²) in [7, 11) is -0.110. The Morgan fingerprint density at radius 2 is 1.97 bits per heavy atom. The highest BCUT2D eigenvalue weighted by Gasteiger charge is 2.25. The van der Waals surface area contributed by atoms with E-state index in [9.17, 15) is 13.2 Å². The number of aryl methyl sites for hydroxylation is 1. The molecule has 1 aromatic heterocycles. The second-order valence-electron chi connectivity index (χ2n) is 7.89. The van der Waals surface area contributed by atoms with Gasteiger partial charge < -0.3 is 14.6 Å². The fraction of sp³-hybridized carbons (Fsp3) is 0.348. The number of nitrogens with zero attached hydrogens (tertiary/aromatic N) is 2. The maximum Gasteiger partial charge on any atom is 0.248 e. The molecule has 0 saturated heterocycles. The number of hydrogen-bond donors (Lipinski definition) is 1. The zero-order chi connectivity index (χ0) is 22.0. The van der Waals surface area contributed by atoms with Crippen LogP contribution in [0.3, 0.4) is 0 Å². The van der Waals surface area contributed by atoms with Crippen LogP contribution in [0.4, 0.5) is 5.69 Å².